The van der Waals surface area contributed by atoms with Gasteiger partial charge in [-0.25, -0.2) is 4.79 Å². The molecule has 2 saturated carbocycles. The van der Waals surface area contributed by atoms with E-state index in [1.54, 1.807) is 6.07 Å². The van der Waals surface area contributed by atoms with Crippen LogP contribution in [0.15, 0.2) is 36.4 Å². The fourth-order valence-electron chi connectivity index (χ4n) is 5.69. The molecule has 0 spiro atoms. The Kier molecular flexibility index (Phi) is 3.74. The third-order valence-corrected chi connectivity index (χ3v) is 7.48. The number of carboxylic acids is 1. The molecule has 2 fully saturated rings. The van der Waals surface area contributed by atoms with Crippen molar-refractivity contribution in [3.05, 3.63) is 63.1 Å². The van der Waals surface area contributed by atoms with Crippen LogP contribution in [-0.4, -0.2) is 11.1 Å². The van der Waals surface area contributed by atoms with E-state index >= 15 is 0 Å². The van der Waals surface area contributed by atoms with Gasteiger partial charge in [0.1, 0.15) is 0 Å². The van der Waals surface area contributed by atoms with Crippen LogP contribution in [0, 0.1) is 17.8 Å². The number of halogens is 2. The molecule has 2 aromatic rings. The van der Waals surface area contributed by atoms with Crippen molar-refractivity contribution in [3.63, 3.8) is 0 Å². The summed E-state index contributed by atoms with van der Waals surface area (Å²) in [6.07, 6.45) is 3.71. The molecule has 5 rings (SSSR count). The van der Waals surface area contributed by atoms with Gasteiger partial charge in [-0.15, -0.1) is 0 Å². The summed E-state index contributed by atoms with van der Waals surface area (Å²) in [7, 11) is 0. The number of fused-ring (bicyclic) bond motifs is 7. The lowest BCUT2D eigenvalue weighted by Crippen LogP contribution is -2.35. The number of hydrogen-bond donors (Lipinski definition) is 2. The van der Waals surface area contributed by atoms with Gasteiger partial charge in [-0.1, -0.05) is 35.3 Å². The highest BCUT2D eigenvalue weighted by atomic mass is 35.5. The smallest absolute Gasteiger partial charge is 0.335 e. The first-order valence-electron chi connectivity index (χ1n) is 9.12. The summed E-state index contributed by atoms with van der Waals surface area (Å²) in [5.74, 6) is 1.24. The van der Waals surface area contributed by atoms with Gasteiger partial charge in [-0.3, -0.25) is 0 Å². The summed E-state index contributed by atoms with van der Waals surface area (Å²) in [6.45, 7) is 0. The van der Waals surface area contributed by atoms with Gasteiger partial charge >= 0.3 is 5.97 Å². The van der Waals surface area contributed by atoms with E-state index in [2.05, 4.69) is 11.4 Å². The number of carbonyl (C=O) groups is 1. The van der Waals surface area contributed by atoms with Gasteiger partial charge in [0.2, 0.25) is 0 Å². The number of benzene rings is 2. The zero-order valence-electron chi connectivity index (χ0n) is 14.1. The molecule has 0 amide bonds. The number of nitrogens with one attached hydrogen (secondary N) is 1. The maximum absolute atomic E-state index is 11.5. The van der Waals surface area contributed by atoms with Crippen LogP contribution in [0.3, 0.4) is 0 Å². The summed E-state index contributed by atoms with van der Waals surface area (Å²) >= 11 is 12.8. The minimum Gasteiger partial charge on any atom is -0.478 e. The van der Waals surface area contributed by atoms with Crippen LogP contribution < -0.4 is 5.32 Å². The van der Waals surface area contributed by atoms with Crippen molar-refractivity contribution >= 4 is 34.9 Å². The first kappa shape index (κ1) is 16.5. The minimum absolute atomic E-state index is 0.115. The predicted molar refractivity (Wildman–Crippen MR) is 103 cm³/mol. The molecule has 1 aliphatic heterocycles. The zero-order valence-corrected chi connectivity index (χ0v) is 15.6. The molecule has 1 heterocycles. The Balaban J connectivity index is 1.66. The fourth-order valence-corrected chi connectivity index (χ4v) is 6.11. The zero-order chi connectivity index (χ0) is 18.0. The van der Waals surface area contributed by atoms with Crippen molar-refractivity contribution in [2.75, 3.05) is 5.32 Å². The lowest BCUT2D eigenvalue weighted by Gasteiger charge is -2.44. The SMILES string of the molecule is O=C(O)c1ccc2c(c1)[C@@H]1[C@H]3CC[C@@H](C3)[C@H]1[C@@H](c1cccc(Cl)c1Cl)N2. The van der Waals surface area contributed by atoms with Crippen LogP contribution in [0.4, 0.5) is 5.69 Å². The number of anilines is 1. The minimum atomic E-state index is -0.868. The summed E-state index contributed by atoms with van der Waals surface area (Å²) < 4.78 is 0. The topological polar surface area (TPSA) is 49.3 Å². The second-order valence-corrected chi connectivity index (χ2v) is 8.59. The van der Waals surface area contributed by atoms with Crippen LogP contribution in [0.25, 0.3) is 0 Å². The average molecular weight is 388 g/mol. The van der Waals surface area contributed by atoms with E-state index in [-0.39, 0.29) is 6.04 Å². The van der Waals surface area contributed by atoms with Crippen molar-refractivity contribution in [2.45, 2.75) is 31.2 Å². The first-order valence-corrected chi connectivity index (χ1v) is 9.88. The molecule has 0 aromatic heterocycles. The molecule has 0 unspecified atom stereocenters. The van der Waals surface area contributed by atoms with E-state index in [9.17, 15) is 9.90 Å². The number of aromatic carboxylic acids is 1. The third-order valence-electron chi connectivity index (χ3n) is 6.65. The Bertz CT molecular complexity index is 913. The van der Waals surface area contributed by atoms with E-state index in [1.807, 2.05) is 24.3 Å². The lowest BCUT2D eigenvalue weighted by atomic mass is 9.68. The molecule has 3 aliphatic rings. The Morgan fingerprint density at radius 3 is 2.69 bits per heavy atom. The van der Waals surface area contributed by atoms with Crippen molar-refractivity contribution < 1.29 is 9.90 Å². The van der Waals surface area contributed by atoms with E-state index in [0.29, 0.717) is 39.3 Å². The van der Waals surface area contributed by atoms with E-state index in [0.717, 1.165) is 16.8 Å². The van der Waals surface area contributed by atoms with Gasteiger partial charge in [0.25, 0.3) is 0 Å². The van der Waals surface area contributed by atoms with Gasteiger partial charge in [-0.2, -0.15) is 0 Å². The van der Waals surface area contributed by atoms with Crippen molar-refractivity contribution in [2.24, 2.45) is 17.8 Å². The van der Waals surface area contributed by atoms with Crippen LogP contribution in [0.1, 0.15) is 52.7 Å². The predicted octanol–water partition coefficient (Wildman–Crippen LogP) is 5.99. The molecule has 2 aromatic carbocycles. The summed E-state index contributed by atoms with van der Waals surface area (Å²) in [5, 5.41) is 14.3. The molecule has 134 valence electrons. The molecule has 2 N–H and O–H groups in total. The lowest BCUT2D eigenvalue weighted by molar-refractivity contribution is 0.0696. The van der Waals surface area contributed by atoms with Crippen molar-refractivity contribution in [1.82, 2.24) is 0 Å². The molecule has 2 aliphatic carbocycles. The number of rotatable bonds is 2. The van der Waals surface area contributed by atoms with Crippen LogP contribution >= 0.6 is 23.2 Å². The van der Waals surface area contributed by atoms with Gasteiger partial charge in [0.05, 0.1) is 21.7 Å². The molecule has 0 radical (unpaired) electrons. The second kappa shape index (κ2) is 5.90. The largest absolute Gasteiger partial charge is 0.478 e. The fraction of sp³-hybridized carbons (Fsp3) is 0.381. The molecule has 5 heteroatoms. The first-order chi connectivity index (χ1) is 12.5. The molecule has 0 saturated heterocycles. The summed E-state index contributed by atoms with van der Waals surface area (Å²) in [5.41, 5.74) is 3.61. The Morgan fingerprint density at radius 2 is 1.88 bits per heavy atom. The second-order valence-electron chi connectivity index (χ2n) is 7.81. The van der Waals surface area contributed by atoms with Gasteiger partial charge in [0, 0.05) is 5.69 Å². The standard InChI is InChI=1S/C21H19Cl2NO2/c22-15-3-1-2-13(19(15)23)20-18-11-5-4-10(8-11)17(18)14-9-12(21(25)26)6-7-16(14)24-20/h1-3,6-7,9-11,17-18,20,24H,4-5,8H2,(H,25,26)/t10-,11-,17-,18+,20+/m0/s1. The van der Waals surface area contributed by atoms with Gasteiger partial charge < -0.3 is 10.4 Å². The van der Waals surface area contributed by atoms with E-state index in [4.69, 9.17) is 23.2 Å². The molecule has 26 heavy (non-hydrogen) atoms. The molecular weight excluding hydrogens is 369 g/mol. The molecular formula is C21H19Cl2NO2. The Morgan fingerprint density at radius 1 is 1.08 bits per heavy atom. The van der Waals surface area contributed by atoms with E-state index in [1.165, 1.54) is 19.3 Å². The third kappa shape index (κ3) is 2.30. The maximum Gasteiger partial charge on any atom is 0.335 e. The molecule has 2 bridgehead atoms. The summed E-state index contributed by atoms with van der Waals surface area (Å²) in [6, 6.07) is 11.4. The average Bonchev–Trinajstić information content (AvgIpc) is 3.25. The number of hydrogen-bond acceptors (Lipinski definition) is 2. The number of carboxylic acid groups (broad SMARTS) is 1. The summed E-state index contributed by atoms with van der Waals surface area (Å²) in [4.78, 5) is 11.5. The van der Waals surface area contributed by atoms with Crippen LogP contribution in [0.5, 0.6) is 0 Å². The highest BCUT2D eigenvalue weighted by Crippen LogP contribution is 2.64. The maximum atomic E-state index is 11.5. The normalized spacial score (nSPS) is 31.2. The van der Waals surface area contributed by atoms with Crippen LogP contribution in [-0.2, 0) is 0 Å². The molecule has 5 atom stereocenters. The Labute approximate surface area is 162 Å². The highest BCUT2D eigenvalue weighted by Gasteiger charge is 2.54. The quantitative estimate of drug-likeness (QED) is 0.665. The van der Waals surface area contributed by atoms with E-state index < -0.39 is 5.97 Å². The highest BCUT2D eigenvalue weighted by molar-refractivity contribution is 6.42. The van der Waals surface area contributed by atoms with Crippen molar-refractivity contribution in [1.29, 1.82) is 0 Å². The Hall–Kier alpha value is -1.71. The van der Waals surface area contributed by atoms with Crippen LogP contribution in [0.2, 0.25) is 10.0 Å². The molecule has 3 nitrogen and oxygen atoms in total. The van der Waals surface area contributed by atoms with Crippen molar-refractivity contribution in [3.8, 4) is 0 Å². The van der Waals surface area contributed by atoms with Gasteiger partial charge in [0.15, 0.2) is 0 Å². The monoisotopic (exact) mass is 387 g/mol. The van der Waals surface area contributed by atoms with Gasteiger partial charge in [-0.05, 0) is 78.3 Å².